The standard InChI is InChI=1S/C14H22N2O2S/c1-11-4-7-14(12(2)10-11)19(17,18)16-9-3-8-15-13-5-6-13/h4,7,10,13,15-16H,3,5-6,8-9H2,1-2H3. The van der Waals surface area contributed by atoms with Gasteiger partial charge in [0.05, 0.1) is 4.90 Å². The third-order valence-electron chi connectivity index (χ3n) is 3.28. The van der Waals surface area contributed by atoms with E-state index >= 15 is 0 Å². The summed E-state index contributed by atoms with van der Waals surface area (Å²) in [4.78, 5) is 0.383. The second-order valence-corrected chi connectivity index (χ2v) is 6.98. The topological polar surface area (TPSA) is 58.2 Å². The van der Waals surface area contributed by atoms with Crippen LogP contribution in [-0.2, 0) is 10.0 Å². The monoisotopic (exact) mass is 282 g/mol. The summed E-state index contributed by atoms with van der Waals surface area (Å²) in [6, 6.07) is 6.07. The van der Waals surface area contributed by atoms with E-state index < -0.39 is 10.0 Å². The highest BCUT2D eigenvalue weighted by Gasteiger charge is 2.20. The molecule has 1 aliphatic rings. The SMILES string of the molecule is Cc1ccc(S(=O)(=O)NCCCNC2CC2)c(C)c1. The van der Waals surface area contributed by atoms with E-state index in [4.69, 9.17) is 0 Å². The van der Waals surface area contributed by atoms with Gasteiger partial charge in [0.25, 0.3) is 0 Å². The first-order valence-electron chi connectivity index (χ1n) is 6.79. The Morgan fingerprint density at radius 1 is 1.21 bits per heavy atom. The van der Waals surface area contributed by atoms with Crippen molar-refractivity contribution in [1.29, 1.82) is 0 Å². The summed E-state index contributed by atoms with van der Waals surface area (Å²) in [5, 5.41) is 3.37. The lowest BCUT2D eigenvalue weighted by Gasteiger charge is -2.10. The third kappa shape index (κ3) is 4.30. The Labute approximate surface area is 115 Å². The van der Waals surface area contributed by atoms with Crippen molar-refractivity contribution in [2.75, 3.05) is 13.1 Å². The first-order valence-corrected chi connectivity index (χ1v) is 8.28. The molecule has 0 radical (unpaired) electrons. The predicted octanol–water partition coefficient (Wildman–Crippen LogP) is 1.72. The zero-order chi connectivity index (χ0) is 13.9. The Morgan fingerprint density at radius 3 is 2.58 bits per heavy atom. The average Bonchev–Trinajstić information content (AvgIpc) is 3.11. The van der Waals surface area contributed by atoms with E-state index in [-0.39, 0.29) is 0 Å². The summed E-state index contributed by atoms with van der Waals surface area (Å²) < 4.78 is 26.9. The fourth-order valence-electron chi connectivity index (χ4n) is 2.07. The van der Waals surface area contributed by atoms with Gasteiger partial charge >= 0.3 is 0 Å². The molecule has 0 atom stereocenters. The van der Waals surface area contributed by atoms with E-state index in [9.17, 15) is 8.42 Å². The number of benzene rings is 1. The Bertz CT molecular complexity index is 536. The highest BCUT2D eigenvalue weighted by molar-refractivity contribution is 7.89. The maximum Gasteiger partial charge on any atom is 0.240 e. The quantitative estimate of drug-likeness (QED) is 0.749. The third-order valence-corrected chi connectivity index (χ3v) is 4.90. The molecule has 0 aliphatic heterocycles. The fraction of sp³-hybridized carbons (Fsp3) is 0.571. The lowest BCUT2D eigenvalue weighted by Crippen LogP contribution is -2.28. The van der Waals surface area contributed by atoms with Gasteiger partial charge in [0, 0.05) is 12.6 Å². The summed E-state index contributed by atoms with van der Waals surface area (Å²) in [5.74, 6) is 0. The van der Waals surface area contributed by atoms with Gasteiger partial charge in [0.1, 0.15) is 0 Å². The second kappa shape index (κ2) is 6.03. The van der Waals surface area contributed by atoms with Crippen LogP contribution in [0.1, 0.15) is 30.4 Å². The number of hydrogen-bond acceptors (Lipinski definition) is 3. The van der Waals surface area contributed by atoms with Gasteiger partial charge in [-0.05, 0) is 51.3 Å². The Kier molecular flexibility index (Phi) is 4.60. The lowest BCUT2D eigenvalue weighted by atomic mass is 10.2. The first-order chi connectivity index (χ1) is 8.99. The summed E-state index contributed by atoms with van der Waals surface area (Å²) in [6.45, 7) is 5.14. The van der Waals surface area contributed by atoms with Crippen molar-refractivity contribution in [3.8, 4) is 0 Å². The van der Waals surface area contributed by atoms with Gasteiger partial charge in [-0.25, -0.2) is 13.1 Å². The second-order valence-electron chi connectivity index (χ2n) is 5.25. The molecule has 1 aliphatic carbocycles. The molecular formula is C14H22N2O2S. The number of rotatable bonds is 7. The van der Waals surface area contributed by atoms with Crippen LogP contribution in [0.2, 0.25) is 0 Å². The molecule has 19 heavy (non-hydrogen) atoms. The zero-order valence-electron chi connectivity index (χ0n) is 11.6. The van der Waals surface area contributed by atoms with E-state index in [1.807, 2.05) is 26.0 Å². The minimum absolute atomic E-state index is 0.383. The molecule has 2 N–H and O–H groups in total. The molecule has 1 fully saturated rings. The minimum Gasteiger partial charge on any atom is -0.314 e. The van der Waals surface area contributed by atoms with E-state index in [2.05, 4.69) is 10.0 Å². The Morgan fingerprint density at radius 2 is 1.95 bits per heavy atom. The minimum atomic E-state index is -3.37. The fourth-order valence-corrected chi connectivity index (χ4v) is 3.37. The number of nitrogens with one attached hydrogen (secondary N) is 2. The van der Waals surface area contributed by atoms with Crippen LogP contribution in [0.4, 0.5) is 0 Å². The maximum absolute atomic E-state index is 12.1. The summed E-state index contributed by atoms with van der Waals surface area (Å²) >= 11 is 0. The van der Waals surface area contributed by atoms with Crippen molar-refractivity contribution in [1.82, 2.24) is 10.0 Å². The smallest absolute Gasteiger partial charge is 0.240 e. The van der Waals surface area contributed by atoms with Crippen molar-refractivity contribution in [2.24, 2.45) is 0 Å². The van der Waals surface area contributed by atoms with E-state index in [1.165, 1.54) is 12.8 Å². The van der Waals surface area contributed by atoms with Crippen LogP contribution in [0.25, 0.3) is 0 Å². The van der Waals surface area contributed by atoms with Gasteiger partial charge in [0.2, 0.25) is 10.0 Å². The van der Waals surface area contributed by atoms with Crippen molar-refractivity contribution in [2.45, 2.75) is 44.0 Å². The number of aryl methyl sites for hydroxylation is 2. The van der Waals surface area contributed by atoms with Crippen molar-refractivity contribution < 1.29 is 8.42 Å². The molecule has 0 unspecified atom stereocenters. The van der Waals surface area contributed by atoms with Gasteiger partial charge in [-0.1, -0.05) is 17.7 Å². The van der Waals surface area contributed by atoms with E-state index in [0.29, 0.717) is 17.5 Å². The van der Waals surface area contributed by atoms with Crippen LogP contribution in [0.5, 0.6) is 0 Å². The highest BCUT2D eigenvalue weighted by Crippen LogP contribution is 2.18. The zero-order valence-corrected chi connectivity index (χ0v) is 12.4. The molecule has 0 saturated heterocycles. The molecule has 106 valence electrons. The molecule has 0 aromatic heterocycles. The first kappa shape index (κ1) is 14.5. The van der Waals surface area contributed by atoms with Crippen LogP contribution in [-0.4, -0.2) is 27.5 Å². The van der Waals surface area contributed by atoms with E-state index in [0.717, 1.165) is 24.1 Å². The molecule has 1 saturated carbocycles. The normalized spacial score (nSPS) is 15.7. The molecular weight excluding hydrogens is 260 g/mol. The molecule has 0 amide bonds. The van der Waals surface area contributed by atoms with Gasteiger partial charge < -0.3 is 5.32 Å². The number of sulfonamides is 1. The van der Waals surface area contributed by atoms with Gasteiger partial charge in [-0.3, -0.25) is 0 Å². The Hall–Kier alpha value is -0.910. The van der Waals surface area contributed by atoms with Crippen molar-refractivity contribution in [3.05, 3.63) is 29.3 Å². The molecule has 0 spiro atoms. The summed E-state index contributed by atoms with van der Waals surface area (Å²) in [5.41, 5.74) is 1.87. The molecule has 0 heterocycles. The molecule has 0 bridgehead atoms. The molecule has 2 rings (SSSR count). The van der Waals surface area contributed by atoms with Crippen molar-refractivity contribution in [3.63, 3.8) is 0 Å². The van der Waals surface area contributed by atoms with Crippen LogP contribution in [0, 0.1) is 13.8 Å². The van der Waals surface area contributed by atoms with Crippen LogP contribution < -0.4 is 10.0 Å². The van der Waals surface area contributed by atoms with Gasteiger partial charge in [-0.2, -0.15) is 0 Å². The van der Waals surface area contributed by atoms with Gasteiger partial charge in [-0.15, -0.1) is 0 Å². The molecule has 1 aromatic carbocycles. The summed E-state index contributed by atoms with van der Waals surface area (Å²) in [6.07, 6.45) is 3.34. The average molecular weight is 282 g/mol. The maximum atomic E-state index is 12.1. The largest absolute Gasteiger partial charge is 0.314 e. The van der Waals surface area contributed by atoms with Crippen LogP contribution in [0.15, 0.2) is 23.1 Å². The van der Waals surface area contributed by atoms with Gasteiger partial charge in [0.15, 0.2) is 0 Å². The highest BCUT2D eigenvalue weighted by atomic mass is 32.2. The predicted molar refractivity (Wildman–Crippen MR) is 76.7 cm³/mol. The van der Waals surface area contributed by atoms with E-state index in [1.54, 1.807) is 6.07 Å². The summed E-state index contributed by atoms with van der Waals surface area (Å²) in [7, 11) is -3.37. The van der Waals surface area contributed by atoms with Crippen molar-refractivity contribution >= 4 is 10.0 Å². The lowest BCUT2D eigenvalue weighted by molar-refractivity contribution is 0.573. The molecule has 5 heteroatoms. The molecule has 1 aromatic rings. The number of hydrogen-bond donors (Lipinski definition) is 2. The molecule has 4 nitrogen and oxygen atoms in total. The van der Waals surface area contributed by atoms with Crippen LogP contribution >= 0.6 is 0 Å². The Balaban J connectivity index is 1.86. The van der Waals surface area contributed by atoms with Crippen LogP contribution in [0.3, 0.4) is 0 Å².